The lowest BCUT2D eigenvalue weighted by atomic mass is 9.86. The van der Waals surface area contributed by atoms with E-state index < -0.39 is 59.6 Å². The number of nitrogens with zero attached hydrogens (tertiary/aromatic N) is 4. The number of cyclic esters (lactones) is 2. The molecule has 2 atom stereocenters. The number of halogens is 2. The van der Waals surface area contributed by atoms with Crippen molar-refractivity contribution in [3.05, 3.63) is 124 Å². The first-order chi connectivity index (χ1) is 32.8. The third kappa shape index (κ3) is 7.80. The topological polar surface area (TPSA) is 296 Å². The molecule has 10 rings (SSSR count). The number of aromatic nitrogens is 4. The van der Waals surface area contributed by atoms with Gasteiger partial charge in [-0.25, -0.2) is 33.1 Å². The number of carbonyl (C=O) groups excluding carboxylic acids is 3. The zero-order valence-electron chi connectivity index (χ0n) is 37.7. The summed E-state index contributed by atoms with van der Waals surface area (Å²) in [5.41, 5.74) is 8.68. The van der Waals surface area contributed by atoms with Crippen LogP contribution < -0.4 is 22.2 Å². The quantitative estimate of drug-likeness (QED) is 0.113. The SMILES string of the molecule is CC[C@@]1(O)C(=O)OCc2c1cc1n(c2=O)Cc2c-1nc1cc(F)c(C)cc1c2CN.CC[C@@]1(O)C(=O)OCc2c1cc1n(c2=O)Cc2c-1nc1cc(F)c(C)cc1c2CNC(=O)CO.O=C(O)CO. The number of benzene rings is 2. The summed E-state index contributed by atoms with van der Waals surface area (Å²) in [4.78, 5) is 81.4. The molecule has 19 nitrogen and oxygen atoms in total. The Balaban J connectivity index is 0.000000171. The van der Waals surface area contributed by atoms with Crippen LogP contribution in [0, 0.1) is 25.5 Å². The van der Waals surface area contributed by atoms with Gasteiger partial charge in [-0.2, -0.15) is 0 Å². The van der Waals surface area contributed by atoms with E-state index in [1.54, 1.807) is 56.5 Å². The monoisotopic (exact) mass is 952 g/mol. The number of carboxylic acids is 1. The summed E-state index contributed by atoms with van der Waals surface area (Å²) in [5, 5.41) is 50.1. The number of fused-ring (bicyclic) bond motifs is 10. The van der Waals surface area contributed by atoms with Crippen LogP contribution in [-0.2, 0) is 79.2 Å². The van der Waals surface area contributed by atoms with Crippen LogP contribution in [0.25, 0.3) is 44.6 Å². The highest BCUT2D eigenvalue weighted by molar-refractivity contribution is 5.91. The molecule has 360 valence electrons. The van der Waals surface area contributed by atoms with Gasteiger partial charge in [0.1, 0.15) is 38.1 Å². The second kappa shape index (κ2) is 18.0. The van der Waals surface area contributed by atoms with E-state index in [0.29, 0.717) is 61.4 Å². The van der Waals surface area contributed by atoms with Gasteiger partial charge in [0.25, 0.3) is 11.1 Å². The average molecular weight is 953 g/mol. The van der Waals surface area contributed by atoms with E-state index in [9.17, 15) is 43.0 Å². The van der Waals surface area contributed by atoms with Gasteiger partial charge < -0.3 is 55.2 Å². The average Bonchev–Trinajstić information content (AvgIpc) is 3.89. The lowest BCUT2D eigenvalue weighted by molar-refractivity contribution is -0.172. The van der Waals surface area contributed by atoms with Crippen LogP contribution >= 0.6 is 0 Å². The van der Waals surface area contributed by atoms with Gasteiger partial charge in [-0.3, -0.25) is 14.4 Å². The molecule has 0 unspecified atom stereocenters. The van der Waals surface area contributed by atoms with Crippen molar-refractivity contribution in [3.8, 4) is 22.8 Å². The van der Waals surface area contributed by atoms with Crippen LogP contribution in [0.4, 0.5) is 8.78 Å². The minimum Gasteiger partial charge on any atom is -0.480 e. The number of carboxylic acid groups (broad SMARTS) is 1. The number of nitrogens with two attached hydrogens (primary N) is 1. The number of hydrogen-bond acceptors (Lipinski definition) is 15. The van der Waals surface area contributed by atoms with Crippen LogP contribution in [-0.4, -0.2) is 81.7 Å². The smallest absolute Gasteiger partial charge is 0.343 e. The fourth-order valence-corrected chi connectivity index (χ4v) is 9.26. The number of aryl methyl sites for hydroxylation is 2. The third-order valence-corrected chi connectivity index (χ3v) is 13.1. The van der Waals surface area contributed by atoms with E-state index in [2.05, 4.69) is 15.3 Å². The van der Waals surface area contributed by atoms with Crippen LogP contribution in [0.15, 0.2) is 46.0 Å². The standard InChI is InChI=1S/C24H22FN3O6.C22H20FN3O4.C2H4O3/c1-3-24(33)16-5-19-21-14(8-28(19)22(31)15(16)10-34-23(24)32)13(7-26-20(30)9-29)12-4-11(2)17(25)6-18(12)27-21;1-3-22(29)15-5-18-19-13(8-26(18)20(27)14(15)9-30-21(22)28)12(7-24)11-4-10(2)16(23)6-17(11)25-19;3-1-2(4)5/h4-6,29,33H,3,7-10H2,1-2H3,(H,26,30);4-6,29H,3,7-9,24H2,1-2H3;3H,1H2,(H,4,5)/t24-;22-;/m00./s1. The first-order valence-electron chi connectivity index (χ1n) is 21.7. The van der Waals surface area contributed by atoms with E-state index in [0.717, 1.165) is 16.5 Å². The Morgan fingerprint density at radius 3 is 1.52 bits per heavy atom. The number of amides is 1. The lowest BCUT2D eigenvalue weighted by Crippen LogP contribution is -2.44. The zero-order valence-corrected chi connectivity index (χ0v) is 37.7. The normalized spacial score (nSPS) is 18.0. The molecule has 6 aromatic rings. The van der Waals surface area contributed by atoms with Gasteiger partial charge in [0.2, 0.25) is 5.91 Å². The number of carbonyl (C=O) groups is 4. The number of pyridine rings is 4. The summed E-state index contributed by atoms with van der Waals surface area (Å²) in [5.74, 6) is -4.18. The van der Waals surface area contributed by atoms with Crippen molar-refractivity contribution in [2.45, 2.75) is 91.1 Å². The Kier molecular flexibility index (Phi) is 12.5. The van der Waals surface area contributed by atoms with E-state index in [4.69, 9.17) is 35.3 Å². The van der Waals surface area contributed by atoms with E-state index in [-0.39, 0.29) is 85.9 Å². The van der Waals surface area contributed by atoms with Crippen molar-refractivity contribution in [1.29, 1.82) is 0 Å². The molecule has 0 radical (unpaired) electrons. The molecular formula is C48H46F2N6O13. The third-order valence-electron chi connectivity index (χ3n) is 13.1. The minimum absolute atomic E-state index is 0.0165. The number of aliphatic hydroxyl groups excluding tert-OH is 2. The number of hydrogen-bond donors (Lipinski definition) is 7. The number of esters is 2. The molecule has 8 heterocycles. The van der Waals surface area contributed by atoms with Gasteiger partial charge in [-0.1, -0.05) is 13.8 Å². The highest BCUT2D eigenvalue weighted by Crippen LogP contribution is 2.42. The Labute approximate surface area is 389 Å². The highest BCUT2D eigenvalue weighted by atomic mass is 19.1. The van der Waals surface area contributed by atoms with Crippen molar-refractivity contribution >= 4 is 45.6 Å². The molecule has 0 saturated heterocycles. The van der Waals surface area contributed by atoms with Gasteiger partial charge >= 0.3 is 17.9 Å². The first-order valence-corrected chi connectivity index (χ1v) is 21.7. The summed E-state index contributed by atoms with van der Waals surface area (Å²) >= 11 is 0. The van der Waals surface area contributed by atoms with Gasteiger partial charge in [0.05, 0.1) is 58.0 Å². The Hall–Kier alpha value is -7.30. The van der Waals surface area contributed by atoms with Crippen LogP contribution in [0.5, 0.6) is 0 Å². The molecule has 21 heteroatoms. The number of ether oxygens (including phenoxy) is 2. The molecule has 69 heavy (non-hydrogen) atoms. The second-order valence-corrected chi connectivity index (χ2v) is 17.0. The van der Waals surface area contributed by atoms with Gasteiger partial charge in [-0.15, -0.1) is 0 Å². The van der Waals surface area contributed by atoms with Gasteiger partial charge in [-0.05, 0) is 73.2 Å². The zero-order chi connectivity index (χ0) is 50.0. The molecule has 0 bridgehead atoms. The lowest BCUT2D eigenvalue weighted by Gasteiger charge is -2.31. The summed E-state index contributed by atoms with van der Waals surface area (Å²) in [7, 11) is 0. The molecule has 0 spiro atoms. The molecule has 8 N–H and O–H groups in total. The molecule has 4 aliphatic rings. The largest absolute Gasteiger partial charge is 0.480 e. The maximum atomic E-state index is 14.4. The van der Waals surface area contributed by atoms with Crippen molar-refractivity contribution in [2.24, 2.45) is 5.73 Å². The summed E-state index contributed by atoms with van der Waals surface area (Å²) in [6.07, 6.45) is 0.0843. The van der Waals surface area contributed by atoms with Gasteiger partial charge in [0, 0.05) is 58.2 Å². The predicted octanol–water partition coefficient (Wildman–Crippen LogP) is 2.18. The maximum Gasteiger partial charge on any atom is 0.343 e. The maximum absolute atomic E-state index is 14.4. The molecule has 1 amide bonds. The fraction of sp³-hybridized carbons (Fsp3) is 0.333. The predicted molar refractivity (Wildman–Crippen MR) is 240 cm³/mol. The number of aliphatic hydroxyl groups is 4. The summed E-state index contributed by atoms with van der Waals surface area (Å²) in [6.45, 7) is 5.32. The van der Waals surface area contributed by atoms with Crippen molar-refractivity contribution < 1.29 is 63.0 Å². The molecule has 4 aliphatic heterocycles. The molecule has 0 aliphatic carbocycles. The van der Waals surface area contributed by atoms with Crippen molar-refractivity contribution in [2.75, 3.05) is 13.2 Å². The Bertz CT molecular complexity index is 3350. The van der Waals surface area contributed by atoms with E-state index in [1.807, 2.05) is 0 Å². The molecule has 0 saturated carbocycles. The van der Waals surface area contributed by atoms with Crippen LogP contribution in [0.3, 0.4) is 0 Å². The van der Waals surface area contributed by atoms with Crippen molar-refractivity contribution in [3.63, 3.8) is 0 Å². The van der Waals surface area contributed by atoms with Gasteiger partial charge in [0.15, 0.2) is 11.2 Å². The van der Waals surface area contributed by atoms with Crippen molar-refractivity contribution in [1.82, 2.24) is 24.4 Å². The second-order valence-electron chi connectivity index (χ2n) is 17.0. The Morgan fingerprint density at radius 1 is 0.710 bits per heavy atom. The van der Waals surface area contributed by atoms with Crippen LogP contribution in [0.1, 0.15) is 82.3 Å². The number of nitrogens with one attached hydrogen (secondary N) is 1. The molecule has 2 aromatic carbocycles. The minimum atomic E-state index is -1.96. The fourth-order valence-electron chi connectivity index (χ4n) is 9.26. The van der Waals surface area contributed by atoms with E-state index in [1.165, 1.54) is 16.7 Å². The Morgan fingerprint density at radius 2 is 1.13 bits per heavy atom. The molecule has 4 aromatic heterocycles. The summed E-state index contributed by atoms with van der Waals surface area (Å²) < 4.78 is 41.8. The number of rotatable bonds is 7. The van der Waals surface area contributed by atoms with E-state index >= 15 is 0 Å². The highest BCUT2D eigenvalue weighted by Gasteiger charge is 2.47. The molecular weight excluding hydrogens is 907 g/mol. The molecule has 0 fully saturated rings. The number of aliphatic carboxylic acids is 1. The first kappa shape index (κ1) is 48.2. The summed E-state index contributed by atoms with van der Waals surface area (Å²) in [6, 6.07) is 9.23. The van der Waals surface area contributed by atoms with Crippen LogP contribution in [0.2, 0.25) is 0 Å².